The summed E-state index contributed by atoms with van der Waals surface area (Å²) in [7, 11) is 0. The van der Waals surface area contributed by atoms with Crippen LogP contribution in [0.1, 0.15) is 38.7 Å². The number of carbonyl (C=O) groups excluding carboxylic acids is 1. The summed E-state index contributed by atoms with van der Waals surface area (Å²) < 4.78 is 24.1. The van der Waals surface area contributed by atoms with Crippen LogP contribution in [0.3, 0.4) is 0 Å². The van der Waals surface area contributed by atoms with Gasteiger partial charge in [-0.3, -0.25) is 0 Å². The Hall–Kier alpha value is -3.13. The molecule has 33 heavy (non-hydrogen) atoms. The molecule has 0 saturated heterocycles. The number of urea groups is 1. The van der Waals surface area contributed by atoms with Gasteiger partial charge in [-0.25, -0.2) is 14.0 Å². The maximum absolute atomic E-state index is 13.1. The molecule has 2 aromatic rings. The highest BCUT2D eigenvalue weighted by Gasteiger charge is 2.18. The molecular weight excluding hydrogens is 427 g/mol. The van der Waals surface area contributed by atoms with Gasteiger partial charge in [0.2, 0.25) is 0 Å². The third-order valence-electron chi connectivity index (χ3n) is 5.03. The van der Waals surface area contributed by atoms with Crippen molar-refractivity contribution < 1.29 is 28.6 Å². The zero-order chi connectivity index (χ0) is 24.1. The molecule has 2 N–H and O–H groups in total. The van der Waals surface area contributed by atoms with Gasteiger partial charge in [0.15, 0.2) is 6.10 Å². The topological polar surface area (TPSA) is 88.1 Å². The molecule has 0 saturated carbocycles. The fraction of sp³-hybridized carbons (Fsp3) is 0.440. The Morgan fingerprint density at radius 1 is 1.03 bits per heavy atom. The Morgan fingerprint density at radius 3 is 2.33 bits per heavy atom. The van der Waals surface area contributed by atoms with Crippen molar-refractivity contribution in [1.82, 2.24) is 4.90 Å². The summed E-state index contributed by atoms with van der Waals surface area (Å²) in [6.45, 7) is 5.49. The lowest BCUT2D eigenvalue weighted by Crippen LogP contribution is -2.38. The van der Waals surface area contributed by atoms with Crippen molar-refractivity contribution in [2.75, 3.05) is 31.6 Å². The van der Waals surface area contributed by atoms with Crippen molar-refractivity contribution >= 4 is 17.7 Å². The predicted molar refractivity (Wildman–Crippen MR) is 125 cm³/mol. The van der Waals surface area contributed by atoms with Crippen LogP contribution in [-0.2, 0) is 16.0 Å². The fourth-order valence-corrected chi connectivity index (χ4v) is 3.23. The van der Waals surface area contributed by atoms with Gasteiger partial charge in [0.1, 0.15) is 18.2 Å². The number of carboxylic acids is 1. The van der Waals surface area contributed by atoms with Gasteiger partial charge in [-0.2, -0.15) is 0 Å². The summed E-state index contributed by atoms with van der Waals surface area (Å²) in [5, 5.41) is 12.0. The molecule has 0 aliphatic rings. The predicted octanol–water partition coefficient (Wildman–Crippen LogP) is 4.96. The lowest BCUT2D eigenvalue weighted by atomic mass is 10.1. The lowest BCUT2D eigenvalue weighted by molar-refractivity contribution is -0.149. The van der Waals surface area contributed by atoms with Crippen LogP contribution in [0.25, 0.3) is 0 Å². The summed E-state index contributed by atoms with van der Waals surface area (Å²) in [6.07, 6.45) is 2.34. The SMILES string of the molecule is CCCCCN(CCOc1ccc(CC(OCC)C(=O)O)cc1)C(=O)Nc1ccc(F)cc1. The van der Waals surface area contributed by atoms with Gasteiger partial charge in [-0.15, -0.1) is 0 Å². The van der Waals surface area contributed by atoms with Crippen molar-refractivity contribution in [3.8, 4) is 5.75 Å². The summed E-state index contributed by atoms with van der Waals surface area (Å²) in [4.78, 5) is 25.6. The lowest BCUT2D eigenvalue weighted by Gasteiger charge is -2.23. The fourth-order valence-electron chi connectivity index (χ4n) is 3.23. The zero-order valence-electron chi connectivity index (χ0n) is 19.3. The summed E-state index contributed by atoms with van der Waals surface area (Å²) in [5.74, 6) is -0.711. The number of nitrogens with zero attached hydrogens (tertiary/aromatic N) is 1. The van der Waals surface area contributed by atoms with Gasteiger partial charge < -0.3 is 24.8 Å². The molecule has 8 heteroatoms. The number of hydrogen-bond acceptors (Lipinski definition) is 4. The number of aliphatic carboxylic acids is 1. The number of carboxylic acid groups (broad SMARTS) is 1. The van der Waals surface area contributed by atoms with Crippen molar-refractivity contribution in [3.05, 3.63) is 59.9 Å². The number of unbranched alkanes of at least 4 members (excludes halogenated alkanes) is 2. The van der Waals surface area contributed by atoms with E-state index in [0.29, 0.717) is 37.7 Å². The molecule has 2 amide bonds. The third-order valence-corrected chi connectivity index (χ3v) is 5.03. The second-order valence-corrected chi connectivity index (χ2v) is 7.61. The van der Waals surface area contributed by atoms with Gasteiger partial charge in [0.05, 0.1) is 6.54 Å². The van der Waals surface area contributed by atoms with E-state index in [1.807, 2.05) is 12.1 Å². The molecular formula is C25H33FN2O5. The normalized spacial score (nSPS) is 11.6. The number of amides is 2. The van der Waals surface area contributed by atoms with Crippen LogP contribution in [-0.4, -0.2) is 54.4 Å². The first kappa shape index (κ1) is 26.1. The molecule has 0 fully saturated rings. The second kappa shape index (κ2) is 14.1. The van der Waals surface area contributed by atoms with Crippen molar-refractivity contribution in [2.45, 2.75) is 45.6 Å². The van der Waals surface area contributed by atoms with Crippen LogP contribution in [0, 0.1) is 5.82 Å². The standard InChI is InChI=1S/C25H33FN2O5/c1-3-5-6-15-28(25(31)27-21-11-9-20(26)10-12-21)16-17-33-22-13-7-19(8-14-22)18-23(24(29)30)32-4-2/h7-14,23H,3-6,15-18H2,1-2H3,(H,27,31)(H,29,30). The molecule has 0 bridgehead atoms. The number of rotatable bonds is 14. The molecule has 180 valence electrons. The van der Waals surface area contributed by atoms with E-state index in [0.717, 1.165) is 24.8 Å². The first-order chi connectivity index (χ1) is 15.9. The monoisotopic (exact) mass is 460 g/mol. The van der Waals surface area contributed by atoms with Gasteiger partial charge in [-0.05, 0) is 55.3 Å². The third kappa shape index (κ3) is 9.49. The number of benzene rings is 2. The van der Waals surface area contributed by atoms with E-state index in [-0.39, 0.29) is 18.3 Å². The molecule has 1 unspecified atom stereocenters. The van der Waals surface area contributed by atoms with E-state index in [2.05, 4.69) is 12.2 Å². The second-order valence-electron chi connectivity index (χ2n) is 7.61. The Kier molecular flexibility index (Phi) is 11.2. The van der Waals surface area contributed by atoms with Crippen molar-refractivity contribution in [3.63, 3.8) is 0 Å². The largest absolute Gasteiger partial charge is 0.492 e. The number of hydrogen-bond donors (Lipinski definition) is 2. The molecule has 2 aromatic carbocycles. The maximum Gasteiger partial charge on any atom is 0.333 e. The van der Waals surface area contributed by atoms with Crippen LogP contribution in [0.2, 0.25) is 0 Å². The minimum Gasteiger partial charge on any atom is -0.492 e. The first-order valence-corrected chi connectivity index (χ1v) is 11.3. The molecule has 0 aromatic heterocycles. The molecule has 0 aliphatic heterocycles. The minimum atomic E-state index is -0.987. The Labute approximate surface area is 194 Å². The molecule has 0 heterocycles. The summed E-state index contributed by atoms with van der Waals surface area (Å²) >= 11 is 0. The van der Waals surface area contributed by atoms with Gasteiger partial charge >= 0.3 is 12.0 Å². The first-order valence-electron chi connectivity index (χ1n) is 11.3. The number of nitrogens with one attached hydrogen (secondary N) is 1. The number of anilines is 1. The van der Waals surface area contributed by atoms with Crippen LogP contribution in [0.4, 0.5) is 14.9 Å². The molecule has 0 spiro atoms. The average Bonchev–Trinajstić information content (AvgIpc) is 2.80. The van der Waals surface area contributed by atoms with E-state index in [4.69, 9.17) is 9.47 Å². The van der Waals surface area contributed by atoms with Crippen molar-refractivity contribution in [2.24, 2.45) is 0 Å². The molecule has 0 radical (unpaired) electrons. The summed E-state index contributed by atoms with van der Waals surface area (Å²) in [6, 6.07) is 12.6. The molecule has 2 rings (SSSR count). The number of halogens is 1. The number of ether oxygens (including phenoxy) is 2. The van der Waals surface area contributed by atoms with Crippen molar-refractivity contribution in [1.29, 1.82) is 0 Å². The van der Waals surface area contributed by atoms with E-state index >= 15 is 0 Å². The smallest absolute Gasteiger partial charge is 0.333 e. The van der Waals surface area contributed by atoms with E-state index in [1.165, 1.54) is 24.3 Å². The van der Waals surface area contributed by atoms with Crippen LogP contribution < -0.4 is 10.1 Å². The quantitative estimate of drug-likeness (QED) is 0.389. The van der Waals surface area contributed by atoms with E-state index in [9.17, 15) is 19.1 Å². The average molecular weight is 461 g/mol. The van der Waals surface area contributed by atoms with Gasteiger partial charge in [-0.1, -0.05) is 31.9 Å². The molecule has 0 aliphatic carbocycles. The number of carbonyl (C=O) groups is 2. The molecule has 1 atom stereocenters. The molecule has 7 nitrogen and oxygen atoms in total. The van der Waals surface area contributed by atoms with E-state index in [1.54, 1.807) is 24.0 Å². The summed E-state index contributed by atoms with van der Waals surface area (Å²) in [5.41, 5.74) is 1.37. The van der Waals surface area contributed by atoms with Gasteiger partial charge in [0, 0.05) is 25.3 Å². The van der Waals surface area contributed by atoms with Gasteiger partial charge in [0.25, 0.3) is 0 Å². The Balaban J connectivity index is 1.89. The Morgan fingerprint density at radius 2 is 1.73 bits per heavy atom. The minimum absolute atomic E-state index is 0.257. The van der Waals surface area contributed by atoms with E-state index < -0.39 is 12.1 Å². The maximum atomic E-state index is 13.1. The zero-order valence-corrected chi connectivity index (χ0v) is 19.3. The highest BCUT2D eigenvalue weighted by atomic mass is 19.1. The van der Waals surface area contributed by atoms with Crippen LogP contribution >= 0.6 is 0 Å². The van der Waals surface area contributed by atoms with Crippen LogP contribution in [0.5, 0.6) is 5.75 Å². The highest BCUT2D eigenvalue weighted by Crippen LogP contribution is 2.15. The Bertz CT molecular complexity index is 858. The highest BCUT2D eigenvalue weighted by molar-refractivity contribution is 5.89. The van der Waals surface area contributed by atoms with Crippen LogP contribution in [0.15, 0.2) is 48.5 Å².